The number of rotatable bonds is 2. The highest BCUT2D eigenvalue weighted by Crippen LogP contribution is 2.25. The van der Waals surface area contributed by atoms with Crippen LogP contribution in [-0.2, 0) is 0 Å². The number of nitrogens with zero attached hydrogens (tertiary/aromatic N) is 1. The van der Waals surface area contributed by atoms with E-state index in [-0.39, 0.29) is 0 Å². The lowest BCUT2D eigenvalue weighted by molar-refractivity contribution is 0.0729. The van der Waals surface area contributed by atoms with Gasteiger partial charge in [-0.05, 0) is 24.3 Å². The summed E-state index contributed by atoms with van der Waals surface area (Å²) in [6, 6.07) is 18.7. The van der Waals surface area contributed by atoms with Gasteiger partial charge < -0.3 is 9.72 Å². The first-order valence-electron chi connectivity index (χ1n) is 6.95. The Kier molecular flexibility index (Phi) is 2.86. The maximum Gasteiger partial charge on any atom is 0.362 e. The van der Waals surface area contributed by atoms with Gasteiger partial charge in [0.1, 0.15) is 11.4 Å². The molecule has 4 rings (SSSR count). The highest BCUT2D eigenvalue weighted by molar-refractivity contribution is 6.08. The van der Waals surface area contributed by atoms with E-state index in [4.69, 9.17) is 4.74 Å². The molecule has 4 aromatic rings. The summed E-state index contributed by atoms with van der Waals surface area (Å²) in [6.45, 7) is 0. The number of para-hydroxylation sites is 2. The largest absolute Gasteiger partial charge is 0.422 e. The highest BCUT2D eigenvalue weighted by atomic mass is 16.5. The van der Waals surface area contributed by atoms with Gasteiger partial charge in [0, 0.05) is 16.3 Å². The molecule has 0 saturated carbocycles. The molecular weight excluding hydrogens is 276 g/mol. The van der Waals surface area contributed by atoms with Crippen molar-refractivity contribution in [1.82, 2.24) is 9.97 Å². The van der Waals surface area contributed by atoms with Gasteiger partial charge in [-0.3, -0.25) is 0 Å². The minimum absolute atomic E-state index is 0.293. The van der Waals surface area contributed by atoms with Crippen LogP contribution in [0.5, 0.6) is 5.75 Å². The van der Waals surface area contributed by atoms with Crippen LogP contribution in [0.15, 0.2) is 66.9 Å². The van der Waals surface area contributed by atoms with Crippen LogP contribution in [0.25, 0.3) is 21.8 Å². The van der Waals surface area contributed by atoms with E-state index in [9.17, 15) is 4.79 Å². The van der Waals surface area contributed by atoms with E-state index in [1.54, 1.807) is 24.4 Å². The van der Waals surface area contributed by atoms with Crippen LogP contribution in [0.4, 0.5) is 0 Å². The number of nitrogens with one attached hydrogen (secondary N) is 1. The van der Waals surface area contributed by atoms with Gasteiger partial charge in [-0.2, -0.15) is 0 Å². The van der Waals surface area contributed by atoms with Crippen LogP contribution in [0, 0.1) is 0 Å². The number of H-pyrrole nitrogens is 1. The number of carbonyl (C=O) groups excluding carboxylic acids is 1. The summed E-state index contributed by atoms with van der Waals surface area (Å²) in [5.74, 6) is 0.0479. The molecule has 2 aromatic carbocycles. The molecule has 4 heteroatoms. The fourth-order valence-corrected chi connectivity index (χ4v) is 2.51. The first-order valence-corrected chi connectivity index (χ1v) is 6.95. The molecule has 0 amide bonds. The number of aromatic nitrogens is 2. The predicted molar refractivity (Wildman–Crippen MR) is 85.0 cm³/mol. The first kappa shape index (κ1) is 12.6. The molecule has 1 N–H and O–H groups in total. The van der Waals surface area contributed by atoms with Crippen molar-refractivity contribution in [2.45, 2.75) is 0 Å². The van der Waals surface area contributed by atoms with E-state index in [1.807, 2.05) is 42.5 Å². The van der Waals surface area contributed by atoms with E-state index in [1.165, 1.54) is 0 Å². The molecule has 0 aliphatic rings. The van der Waals surface area contributed by atoms with Crippen molar-refractivity contribution in [2.24, 2.45) is 0 Å². The van der Waals surface area contributed by atoms with Gasteiger partial charge in [0.2, 0.25) is 0 Å². The lowest BCUT2D eigenvalue weighted by Gasteiger charge is -2.03. The zero-order valence-corrected chi connectivity index (χ0v) is 11.6. The lowest BCUT2D eigenvalue weighted by Crippen LogP contribution is -2.10. The average molecular weight is 288 g/mol. The van der Waals surface area contributed by atoms with Crippen molar-refractivity contribution in [3.63, 3.8) is 0 Å². The third-order valence-corrected chi connectivity index (χ3v) is 3.55. The van der Waals surface area contributed by atoms with E-state index in [0.29, 0.717) is 11.4 Å². The van der Waals surface area contributed by atoms with Crippen LogP contribution in [-0.4, -0.2) is 15.9 Å². The molecular formula is C18H12N2O2. The second kappa shape index (κ2) is 5.00. The number of aromatic amines is 1. The van der Waals surface area contributed by atoms with Gasteiger partial charge in [-0.15, -0.1) is 0 Å². The summed E-state index contributed by atoms with van der Waals surface area (Å²) in [7, 11) is 0. The van der Waals surface area contributed by atoms with Crippen LogP contribution in [0.2, 0.25) is 0 Å². The molecule has 0 aliphatic carbocycles. The molecule has 22 heavy (non-hydrogen) atoms. The average Bonchev–Trinajstić information content (AvgIpc) is 2.93. The van der Waals surface area contributed by atoms with E-state index in [2.05, 4.69) is 9.97 Å². The topological polar surface area (TPSA) is 55.0 Å². The van der Waals surface area contributed by atoms with Crippen molar-refractivity contribution < 1.29 is 9.53 Å². The smallest absolute Gasteiger partial charge is 0.362 e. The van der Waals surface area contributed by atoms with Gasteiger partial charge >= 0.3 is 5.97 Å². The number of carbonyl (C=O) groups is 1. The SMILES string of the molecule is O=C(Oc1ccccc1)c1cc2c(cn1)[nH]c1ccccc12. The van der Waals surface area contributed by atoms with Gasteiger partial charge in [0.05, 0.1) is 11.7 Å². The monoisotopic (exact) mass is 288 g/mol. The van der Waals surface area contributed by atoms with Gasteiger partial charge in [0.15, 0.2) is 0 Å². The van der Waals surface area contributed by atoms with Gasteiger partial charge in [-0.1, -0.05) is 36.4 Å². The number of ether oxygens (including phenoxy) is 1. The summed E-state index contributed by atoms with van der Waals surface area (Å²) >= 11 is 0. The Morgan fingerprint density at radius 1 is 0.909 bits per heavy atom. The third kappa shape index (κ3) is 2.11. The Hall–Kier alpha value is -3.14. The van der Waals surface area contributed by atoms with Crippen molar-refractivity contribution in [3.05, 3.63) is 72.6 Å². The summed E-state index contributed by atoms with van der Waals surface area (Å²) in [5.41, 5.74) is 2.21. The van der Waals surface area contributed by atoms with Crippen molar-refractivity contribution in [2.75, 3.05) is 0 Å². The molecule has 106 valence electrons. The Balaban J connectivity index is 1.75. The second-order valence-corrected chi connectivity index (χ2v) is 4.99. The van der Waals surface area contributed by atoms with Crippen LogP contribution < -0.4 is 4.74 Å². The van der Waals surface area contributed by atoms with Crippen molar-refractivity contribution in [3.8, 4) is 5.75 Å². The Morgan fingerprint density at radius 3 is 2.55 bits per heavy atom. The minimum Gasteiger partial charge on any atom is -0.422 e. The number of fused-ring (bicyclic) bond motifs is 3. The maximum absolute atomic E-state index is 12.2. The number of hydrogen-bond donors (Lipinski definition) is 1. The number of benzene rings is 2. The highest BCUT2D eigenvalue weighted by Gasteiger charge is 2.13. The van der Waals surface area contributed by atoms with Gasteiger partial charge in [-0.25, -0.2) is 9.78 Å². The molecule has 0 radical (unpaired) electrons. The number of pyridine rings is 1. The quantitative estimate of drug-likeness (QED) is 0.449. The molecule has 4 nitrogen and oxygen atoms in total. The summed E-state index contributed by atoms with van der Waals surface area (Å²) in [5, 5.41) is 2.03. The Labute approximate surface area is 126 Å². The second-order valence-electron chi connectivity index (χ2n) is 4.99. The molecule has 0 atom stereocenters. The van der Waals surface area contributed by atoms with E-state index < -0.39 is 5.97 Å². The molecule has 0 unspecified atom stereocenters. The van der Waals surface area contributed by atoms with E-state index >= 15 is 0 Å². The third-order valence-electron chi connectivity index (χ3n) is 3.55. The Morgan fingerprint density at radius 2 is 1.68 bits per heavy atom. The van der Waals surface area contributed by atoms with Gasteiger partial charge in [0.25, 0.3) is 0 Å². The van der Waals surface area contributed by atoms with Crippen LogP contribution in [0.1, 0.15) is 10.5 Å². The number of hydrogen-bond acceptors (Lipinski definition) is 3. The fraction of sp³-hybridized carbons (Fsp3) is 0. The van der Waals surface area contributed by atoms with Crippen molar-refractivity contribution in [1.29, 1.82) is 0 Å². The molecule has 0 aliphatic heterocycles. The normalized spacial score (nSPS) is 10.9. The molecule has 0 bridgehead atoms. The zero-order valence-electron chi connectivity index (χ0n) is 11.6. The van der Waals surface area contributed by atoms with E-state index in [0.717, 1.165) is 21.8 Å². The molecule has 0 saturated heterocycles. The Bertz CT molecular complexity index is 974. The number of esters is 1. The van der Waals surface area contributed by atoms with Crippen molar-refractivity contribution >= 4 is 27.8 Å². The zero-order chi connectivity index (χ0) is 14.9. The van der Waals surface area contributed by atoms with Crippen LogP contribution in [0.3, 0.4) is 0 Å². The predicted octanol–water partition coefficient (Wildman–Crippen LogP) is 3.94. The summed E-state index contributed by atoms with van der Waals surface area (Å²) in [6.07, 6.45) is 1.66. The minimum atomic E-state index is -0.460. The molecule has 2 aromatic heterocycles. The standard InChI is InChI=1S/C18H12N2O2/c21-18(22-12-6-2-1-3-7-12)16-10-14-13-8-4-5-9-15(13)20-17(14)11-19-16/h1-11,20H. The lowest BCUT2D eigenvalue weighted by atomic mass is 10.1. The van der Waals surface area contributed by atoms with Crippen LogP contribution >= 0.6 is 0 Å². The first-order chi connectivity index (χ1) is 10.8. The summed E-state index contributed by atoms with van der Waals surface area (Å²) in [4.78, 5) is 19.7. The molecule has 0 spiro atoms. The molecule has 0 fully saturated rings. The molecule has 2 heterocycles. The fourth-order valence-electron chi connectivity index (χ4n) is 2.51. The summed E-state index contributed by atoms with van der Waals surface area (Å²) < 4.78 is 5.33. The maximum atomic E-state index is 12.2.